The second-order valence-electron chi connectivity index (χ2n) is 12.6. The number of carbonyl (C=O) groups excluding carboxylic acids is 3. The van der Waals surface area contributed by atoms with Gasteiger partial charge in [0.15, 0.2) is 23.6 Å². The van der Waals surface area contributed by atoms with Gasteiger partial charge in [-0.2, -0.15) is 10.2 Å². The molecule has 1 aromatic rings. The minimum absolute atomic E-state index is 0.0364. The molecule has 4 aliphatic rings. The fraction of sp³-hybridized carbons (Fsp3) is 0.606. The normalized spacial score (nSPS) is 28.1. The van der Waals surface area contributed by atoms with E-state index in [-0.39, 0.29) is 37.0 Å². The predicted octanol–water partition coefficient (Wildman–Crippen LogP) is 4.07. The number of nitrogens with two attached hydrogens (primary N) is 1. The van der Waals surface area contributed by atoms with Gasteiger partial charge in [0.2, 0.25) is 0 Å². The number of ether oxygens (including phenoxy) is 4. The molecule has 17 heteroatoms. The zero-order chi connectivity index (χ0) is 35.9. The number of nitrogens with one attached hydrogen (secondary N) is 1. The lowest BCUT2D eigenvalue weighted by atomic mass is 9.93. The lowest BCUT2D eigenvalue weighted by Crippen LogP contribution is -2.52. The third-order valence-corrected chi connectivity index (χ3v) is 10.6. The molecule has 2 fully saturated rings. The standard InChI is InChI=1S/C33H45FN5O10P/c1-4-26(40)46-29-28(24-16-17-25-31(35)36-20-37-39(24)25)48-33(18-34,30(29)47-27(41)5-2)19-44-50(43,49-23-14-10-7-11-15-23)38-21(3)32(42)45-22-12-8-6-9-13-22/h7,10-11,14-15,17,20-22,24,28-30H,4-6,8-9,12-13,16,18-19H2,1-3H3,(H,38,43)(H2,35,36,37)/t21-,24?,28-,29-,30-,33+,50-/m0/s1. The predicted molar refractivity (Wildman–Crippen MR) is 179 cm³/mol. The topological polar surface area (TPSA) is 190 Å². The second kappa shape index (κ2) is 16.4. The van der Waals surface area contributed by atoms with Crippen LogP contribution in [0.5, 0.6) is 5.75 Å². The first-order valence-corrected chi connectivity index (χ1v) is 18.5. The van der Waals surface area contributed by atoms with Crippen molar-refractivity contribution in [2.45, 2.75) is 114 Å². The molecule has 50 heavy (non-hydrogen) atoms. The van der Waals surface area contributed by atoms with Crippen molar-refractivity contribution in [2.75, 3.05) is 13.3 Å². The highest BCUT2D eigenvalue weighted by Gasteiger charge is 2.63. The lowest BCUT2D eigenvalue weighted by molar-refractivity contribution is -0.174. The summed E-state index contributed by atoms with van der Waals surface area (Å²) in [6, 6.07) is 6.21. The summed E-state index contributed by atoms with van der Waals surface area (Å²) in [5, 5.41) is 8.45. The molecule has 3 aliphatic heterocycles. The molecule has 0 radical (unpaired) electrons. The quantitative estimate of drug-likeness (QED) is 0.150. The number of alkyl halides is 1. The molecule has 0 aromatic heterocycles. The Bertz CT molecular complexity index is 1520. The Morgan fingerprint density at radius 1 is 1.10 bits per heavy atom. The van der Waals surface area contributed by atoms with Gasteiger partial charge in [0.25, 0.3) is 0 Å². The van der Waals surface area contributed by atoms with Crippen molar-refractivity contribution >= 4 is 37.8 Å². The molecular formula is C33H45FN5O10P. The Morgan fingerprint density at radius 2 is 1.80 bits per heavy atom. The number of hydrogen-bond acceptors (Lipinski definition) is 14. The van der Waals surface area contributed by atoms with Crippen LogP contribution in [0.4, 0.5) is 4.39 Å². The number of rotatable bonds is 15. The molecule has 15 nitrogen and oxygen atoms in total. The summed E-state index contributed by atoms with van der Waals surface area (Å²) in [5.74, 6) is -1.72. The summed E-state index contributed by atoms with van der Waals surface area (Å²) in [5.41, 5.74) is 4.40. The summed E-state index contributed by atoms with van der Waals surface area (Å²) < 4.78 is 65.4. The van der Waals surface area contributed by atoms with Crippen LogP contribution in [0.3, 0.4) is 0 Å². The maximum atomic E-state index is 15.6. The molecule has 1 saturated heterocycles. The molecule has 0 spiro atoms. The van der Waals surface area contributed by atoms with Crippen LogP contribution in [-0.4, -0.2) is 90.5 Å². The van der Waals surface area contributed by atoms with E-state index in [1.165, 1.54) is 30.4 Å². The molecule has 1 aromatic carbocycles. The van der Waals surface area contributed by atoms with Crippen LogP contribution in [0.1, 0.15) is 72.1 Å². The summed E-state index contributed by atoms with van der Waals surface area (Å²) in [7, 11) is -4.53. The van der Waals surface area contributed by atoms with Gasteiger partial charge in [0.1, 0.15) is 37.0 Å². The Hall–Kier alpha value is -3.85. The van der Waals surface area contributed by atoms with E-state index in [4.69, 9.17) is 33.7 Å². The number of nitrogens with zero attached hydrogens (tertiary/aromatic N) is 3. The second-order valence-corrected chi connectivity index (χ2v) is 14.3. The van der Waals surface area contributed by atoms with E-state index in [2.05, 4.69) is 15.2 Å². The molecule has 1 saturated carbocycles. The average Bonchev–Trinajstić information content (AvgIpc) is 3.68. The van der Waals surface area contributed by atoms with E-state index >= 15 is 4.39 Å². The van der Waals surface area contributed by atoms with Gasteiger partial charge in [-0.05, 0) is 51.2 Å². The van der Waals surface area contributed by atoms with Gasteiger partial charge in [0, 0.05) is 12.8 Å². The number of para-hydroxylation sites is 1. The van der Waals surface area contributed by atoms with Crippen LogP contribution in [-0.2, 0) is 42.4 Å². The number of fused-ring (bicyclic) bond motifs is 1. The van der Waals surface area contributed by atoms with Crippen LogP contribution < -0.4 is 15.3 Å². The number of esters is 3. The summed E-state index contributed by atoms with van der Waals surface area (Å²) >= 11 is 0. The molecule has 0 amide bonds. The maximum absolute atomic E-state index is 15.6. The number of benzene rings is 1. The SMILES string of the molecule is CCC(=O)O[C@H]1[C@H](C2CC=C3C(N)=NC=NN32)O[C@](CF)(CO[P@@](=O)(N[C@@H](C)C(=O)OC2CCCCC2)Oc2ccccc2)[C@H]1OC(=O)CC. The first-order valence-electron chi connectivity index (χ1n) is 17.0. The number of amidine groups is 1. The van der Waals surface area contributed by atoms with Crippen LogP contribution >= 0.6 is 7.75 Å². The van der Waals surface area contributed by atoms with Gasteiger partial charge in [-0.3, -0.25) is 23.9 Å². The van der Waals surface area contributed by atoms with Crippen LogP contribution in [0.2, 0.25) is 0 Å². The average molecular weight is 722 g/mol. The highest BCUT2D eigenvalue weighted by Crippen LogP contribution is 2.49. The van der Waals surface area contributed by atoms with Gasteiger partial charge in [-0.15, -0.1) is 0 Å². The molecule has 1 aliphatic carbocycles. The Labute approximate surface area is 290 Å². The third kappa shape index (κ3) is 8.53. The van der Waals surface area contributed by atoms with Gasteiger partial charge >= 0.3 is 25.7 Å². The fourth-order valence-corrected chi connectivity index (χ4v) is 7.85. The largest absolute Gasteiger partial charge is 0.461 e. The van der Waals surface area contributed by atoms with Gasteiger partial charge in [-0.25, -0.2) is 13.9 Å². The molecule has 1 unspecified atom stereocenters. The summed E-state index contributed by atoms with van der Waals surface area (Å²) in [6.07, 6.45) is 3.28. The summed E-state index contributed by atoms with van der Waals surface area (Å²) in [6.45, 7) is 2.44. The monoisotopic (exact) mass is 721 g/mol. The van der Waals surface area contributed by atoms with Crippen LogP contribution in [0.25, 0.3) is 0 Å². The van der Waals surface area contributed by atoms with Crippen molar-refractivity contribution < 1.29 is 51.3 Å². The Balaban J connectivity index is 1.44. The van der Waals surface area contributed by atoms with Crippen LogP contribution in [0.15, 0.2) is 52.2 Å². The first kappa shape index (κ1) is 37.4. The van der Waals surface area contributed by atoms with E-state index < -0.39 is 74.9 Å². The number of hydrogen-bond donors (Lipinski definition) is 2. The third-order valence-electron chi connectivity index (χ3n) is 8.96. The molecular weight excluding hydrogens is 676 g/mol. The van der Waals surface area contributed by atoms with Crippen molar-refractivity contribution in [1.82, 2.24) is 10.1 Å². The van der Waals surface area contributed by atoms with E-state index in [9.17, 15) is 18.9 Å². The van der Waals surface area contributed by atoms with Crippen molar-refractivity contribution in [1.29, 1.82) is 0 Å². The zero-order valence-electron chi connectivity index (χ0n) is 28.4. The molecule has 5 rings (SSSR count). The van der Waals surface area contributed by atoms with E-state index in [0.717, 1.165) is 32.1 Å². The molecule has 3 heterocycles. The zero-order valence-corrected chi connectivity index (χ0v) is 29.3. The van der Waals surface area contributed by atoms with E-state index in [1.807, 2.05) is 0 Å². The number of carbonyl (C=O) groups is 3. The van der Waals surface area contributed by atoms with Gasteiger partial charge < -0.3 is 29.2 Å². The minimum atomic E-state index is -4.53. The molecule has 274 valence electrons. The van der Waals surface area contributed by atoms with Crippen molar-refractivity contribution in [2.24, 2.45) is 15.8 Å². The van der Waals surface area contributed by atoms with Crippen molar-refractivity contribution in [3.8, 4) is 5.75 Å². The Morgan fingerprint density at radius 3 is 2.48 bits per heavy atom. The first-order chi connectivity index (χ1) is 24.0. The number of aliphatic imine (C=N–C) groups is 1. The smallest absolute Gasteiger partial charge is 0.459 e. The van der Waals surface area contributed by atoms with Crippen LogP contribution in [0, 0.1) is 0 Å². The lowest BCUT2D eigenvalue weighted by Gasteiger charge is -2.33. The fourth-order valence-electron chi connectivity index (χ4n) is 6.30. The molecule has 7 atom stereocenters. The number of halogens is 1. The van der Waals surface area contributed by atoms with Gasteiger partial charge in [-0.1, -0.05) is 44.5 Å². The highest BCUT2D eigenvalue weighted by atomic mass is 31.2. The highest BCUT2D eigenvalue weighted by molar-refractivity contribution is 7.52. The minimum Gasteiger partial charge on any atom is -0.461 e. The van der Waals surface area contributed by atoms with Crippen molar-refractivity contribution in [3.63, 3.8) is 0 Å². The van der Waals surface area contributed by atoms with Gasteiger partial charge in [0.05, 0.1) is 18.3 Å². The van der Waals surface area contributed by atoms with E-state index in [0.29, 0.717) is 5.70 Å². The number of hydrazone groups is 1. The maximum Gasteiger partial charge on any atom is 0.459 e. The molecule has 0 bridgehead atoms. The Kier molecular flexibility index (Phi) is 12.3. The van der Waals surface area contributed by atoms with Crippen molar-refractivity contribution in [3.05, 3.63) is 42.1 Å². The van der Waals surface area contributed by atoms with E-state index in [1.54, 1.807) is 38.1 Å². The molecule has 3 N–H and O–H groups in total. The summed E-state index contributed by atoms with van der Waals surface area (Å²) in [4.78, 5) is 42.7.